The number of carbonyl (C=O) groups is 1. The van der Waals surface area contributed by atoms with Crippen LogP contribution in [0.4, 0.5) is 0 Å². The van der Waals surface area contributed by atoms with E-state index in [2.05, 4.69) is 26.5 Å². The Hall–Kier alpha value is -2.43. The quantitative estimate of drug-likeness (QED) is 0.247. The second-order valence-corrected chi connectivity index (χ2v) is 10.9. The molecule has 0 bridgehead atoms. The van der Waals surface area contributed by atoms with Gasteiger partial charge in [0.1, 0.15) is 5.75 Å². The lowest BCUT2D eigenvalue weighted by Gasteiger charge is -2.22. The number of nitrogens with one attached hydrogen (secondary N) is 1. The number of hydrazone groups is 1. The lowest BCUT2D eigenvalue weighted by Crippen LogP contribution is -2.39. The van der Waals surface area contributed by atoms with Crippen molar-refractivity contribution in [3.63, 3.8) is 0 Å². The summed E-state index contributed by atoms with van der Waals surface area (Å²) in [4.78, 5) is 12.7. The second-order valence-electron chi connectivity index (χ2n) is 7.27. The van der Waals surface area contributed by atoms with Gasteiger partial charge >= 0.3 is 0 Å². The average molecular weight is 599 g/mol. The van der Waals surface area contributed by atoms with Crippen molar-refractivity contribution in [2.24, 2.45) is 5.10 Å². The number of hydrogen-bond donors (Lipinski definition) is 1. The van der Waals surface area contributed by atoms with Gasteiger partial charge < -0.3 is 4.74 Å². The summed E-state index contributed by atoms with van der Waals surface area (Å²) in [6.07, 6.45) is 1.46. The van der Waals surface area contributed by atoms with Crippen molar-refractivity contribution < 1.29 is 17.9 Å². The molecule has 0 heterocycles. The van der Waals surface area contributed by atoms with Crippen LogP contribution in [0.5, 0.6) is 5.75 Å². The molecule has 35 heavy (non-hydrogen) atoms. The third kappa shape index (κ3) is 7.78. The highest BCUT2D eigenvalue weighted by Crippen LogP contribution is 2.25. The summed E-state index contributed by atoms with van der Waals surface area (Å²) in [6, 6.07) is 18.1. The molecule has 3 aromatic rings. The van der Waals surface area contributed by atoms with Crippen LogP contribution in [-0.2, 0) is 21.4 Å². The molecule has 0 aliphatic heterocycles. The SMILES string of the molecule is CCOc1ccc(/C=N/NC(=O)CN(Cc2ccc(Cl)c(Cl)c2)S(=O)(=O)c2ccc(Br)cc2)cc1. The largest absolute Gasteiger partial charge is 0.494 e. The number of benzene rings is 3. The van der Waals surface area contributed by atoms with Crippen LogP contribution < -0.4 is 10.2 Å². The number of nitrogens with zero attached hydrogens (tertiary/aromatic N) is 2. The molecule has 3 rings (SSSR count). The predicted molar refractivity (Wildman–Crippen MR) is 142 cm³/mol. The molecule has 7 nitrogen and oxygen atoms in total. The Morgan fingerprint density at radius 2 is 1.74 bits per heavy atom. The second kappa shape index (κ2) is 12.5. The van der Waals surface area contributed by atoms with Crippen molar-refractivity contribution in [3.05, 3.63) is 92.4 Å². The molecule has 0 atom stereocenters. The molecule has 0 spiro atoms. The van der Waals surface area contributed by atoms with E-state index in [1.807, 2.05) is 6.92 Å². The van der Waals surface area contributed by atoms with E-state index in [9.17, 15) is 13.2 Å². The highest BCUT2D eigenvalue weighted by Gasteiger charge is 2.27. The van der Waals surface area contributed by atoms with Gasteiger partial charge in [-0.3, -0.25) is 4.79 Å². The van der Waals surface area contributed by atoms with Gasteiger partial charge in [0.15, 0.2) is 0 Å². The van der Waals surface area contributed by atoms with Crippen molar-refractivity contribution in [2.45, 2.75) is 18.4 Å². The van der Waals surface area contributed by atoms with E-state index in [0.717, 1.165) is 20.1 Å². The Balaban J connectivity index is 1.76. The van der Waals surface area contributed by atoms with Gasteiger partial charge in [-0.25, -0.2) is 13.8 Å². The fourth-order valence-electron chi connectivity index (χ4n) is 3.01. The van der Waals surface area contributed by atoms with Crippen LogP contribution in [0.2, 0.25) is 10.0 Å². The smallest absolute Gasteiger partial charge is 0.255 e. The maximum Gasteiger partial charge on any atom is 0.255 e. The summed E-state index contributed by atoms with van der Waals surface area (Å²) >= 11 is 15.4. The minimum Gasteiger partial charge on any atom is -0.494 e. The zero-order chi connectivity index (χ0) is 25.4. The van der Waals surface area contributed by atoms with Gasteiger partial charge in [0.2, 0.25) is 10.0 Å². The molecule has 0 aliphatic carbocycles. The van der Waals surface area contributed by atoms with Gasteiger partial charge in [0.05, 0.1) is 34.3 Å². The highest BCUT2D eigenvalue weighted by molar-refractivity contribution is 9.10. The number of halogens is 3. The summed E-state index contributed by atoms with van der Waals surface area (Å²) in [7, 11) is -4.01. The number of ether oxygens (including phenoxy) is 1. The molecule has 0 saturated carbocycles. The minimum absolute atomic E-state index is 0.0476. The van der Waals surface area contributed by atoms with E-state index in [1.54, 1.807) is 54.6 Å². The minimum atomic E-state index is -4.01. The van der Waals surface area contributed by atoms with Crippen molar-refractivity contribution in [1.29, 1.82) is 0 Å². The maximum atomic E-state index is 13.3. The van der Waals surface area contributed by atoms with Crippen LogP contribution in [0.1, 0.15) is 18.1 Å². The van der Waals surface area contributed by atoms with Crippen LogP contribution in [0, 0.1) is 0 Å². The number of hydrogen-bond acceptors (Lipinski definition) is 5. The number of amides is 1. The molecule has 3 aromatic carbocycles. The first kappa shape index (κ1) is 27.2. The number of rotatable bonds is 10. The topological polar surface area (TPSA) is 88.1 Å². The standard InChI is InChI=1S/C24H22BrCl2N3O4S/c1-2-34-20-8-3-17(4-9-20)14-28-29-24(31)16-30(15-18-5-12-22(26)23(27)13-18)35(32,33)21-10-6-19(25)7-11-21/h3-14H,2,15-16H2,1H3,(H,29,31)/b28-14+. The summed E-state index contributed by atoms with van der Waals surface area (Å²) in [5.74, 6) is 0.123. The van der Waals surface area contributed by atoms with Gasteiger partial charge in [0.25, 0.3) is 5.91 Å². The molecule has 0 saturated heterocycles. The lowest BCUT2D eigenvalue weighted by molar-refractivity contribution is -0.121. The Kier molecular flexibility index (Phi) is 9.71. The fourth-order valence-corrected chi connectivity index (χ4v) is 4.98. The molecule has 0 aromatic heterocycles. The molecule has 1 N–H and O–H groups in total. The first-order chi connectivity index (χ1) is 16.7. The predicted octanol–water partition coefficient (Wildman–Crippen LogP) is 5.50. The third-order valence-electron chi connectivity index (χ3n) is 4.71. The van der Waals surface area contributed by atoms with Crippen LogP contribution in [-0.4, -0.2) is 38.0 Å². The van der Waals surface area contributed by atoms with Gasteiger partial charge in [-0.1, -0.05) is 45.2 Å². The third-order valence-corrected chi connectivity index (χ3v) is 7.78. The summed E-state index contributed by atoms with van der Waals surface area (Å²) in [5, 5.41) is 4.57. The van der Waals surface area contributed by atoms with Gasteiger partial charge in [-0.15, -0.1) is 0 Å². The van der Waals surface area contributed by atoms with Gasteiger partial charge in [-0.05, 0) is 78.7 Å². The Labute approximate surface area is 222 Å². The Morgan fingerprint density at radius 3 is 2.37 bits per heavy atom. The molecule has 184 valence electrons. The van der Waals surface area contributed by atoms with Gasteiger partial charge in [0, 0.05) is 11.0 Å². The van der Waals surface area contributed by atoms with E-state index < -0.39 is 22.5 Å². The Bertz CT molecular complexity index is 1300. The molecule has 0 unspecified atom stereocenters. The van der Waals surface area contributed by atoms with Crippen LogP contribution in [0.3, 0.4) is 0 Å². The number of sulfonamides is 1. The van der Waals surface area contributed by atoms with Crippen molar-refractivity contribution >= 4 is 61.3 Å². The number of carbonyl (C=O) groups excluding carboxylic acids is 1. The van der Waals surface area contributed by atoms with Crippen molar-refractivity contribution in [3.8, 4) is 5.75 Å². The molecule has 1 amide bonds. The normalized spacial score (nSPS) is 11.7. The molecule has 0 fully saturated rings. The van der Waals surface area contributed by atoms with E-state index in [-0.39, 0.29) is 16.5 Å². The lowest BCUT2D eigenvalue weighted by atomic mass is 10.2. The summed E-state index contributed by atoms with van der Waals surface area (Å²) in [6.45, 7) is 1.91. The maximum absolute atomic E-state index is 13.3. The average Bonchev–Trinajstić information content (AvgIpc) is 2.82. The van der Waals surface area contributed by atoms with Crippen molar-refractivity contribution in [2.75, 3.05) is 13.2 Å². The first-order valence-electron chi connectivity index (χ1n) is 10.4. The van der Waals surface area contributed by atoms with Crippen LogP contribution in [0.25, 0.3) is 0 Å². The van der Waals surface area contributed by atoms with E-state index in [1.165, 1.54) is 18.3 Å². The molecule has 0 radical (unpaired) electrons. The highest BCUT2D eigenvalue weighted by atomic mass is 79.9. The van der Waals surface area contributed by atoms with E-state index in [4.69, 9.17) is 27.9 Å². The molecule has 11 heteroatoms. The zero-order valence-corrected chi connectivity index (χ0v) is 22.5. The van der Waals surface area contributed by atoms with Crippen LogP contribution >= 0.6 is 39.1 Å². The van der Waals surface area contributed by atoms with Gasteiger partial charge in [-0.2, -0.15) is 9.41 Å². The molecule has 0 aliphatic rings. The molecular formula is C24H22BrCl2N3O4S. The Morgan fingerprint density at radius 1 is 1.06 bits per heavy atom. The summed E-state index contributed by atoms with van der Waals surface area (Å²) < 4.78 is 33.8. The van der Waals surface area contributed by atoms with Crippen LogP contribution in [0.15, 0.2) is 81.2 Å². The summed E-state index contributed by atoms with van der Waals surface area (Å²) in [5.41, 5.74) is 3.69. The van der Waals surface area contributed by atoms with E-state index >= 15 is 0 Å². The fraction of sp³-hybridized carbons (Fsp3) is 0.167. The zero-order valence-electron chi connectivity index (χ0n) is 18.6. The monoisotopic (exact) mass is 597 g/mol. The molecular weight excluding hydrogens is 577 g/mol. The van der Waals surface area contributed by atoms with E-state index in [0.29, 0.717) is 17.2 Å². The van der Waals surface area contributed by atoms with Crippen molar-refractivity contribution in [1.82, 2.24) is 9.73 Å². The first-order valence-corrected chi connectivity index (χ1v) is 13.4.